The summed E-state index contributed by atoms with van der Waals surface area (Å²) in [4.78, 5) is 17.1. The molecule has 8 nitrogen and oxygen atoms in total. The van der Waals surface area contributed by atoms with Crippen LogP contribution in [-0.2, 0) is 14.8 Å². The van der Waals surface area contributed by atoms with Crippen LogP contribution in [0.4, 0.5) is 10.8 Å². The van der Waals surface area contributed by atoms with Crippen LogP contribution in [0.5, 0.6) is 0 Å². The molecule has 0 aliphatic carbocycles. The number of hydrazone groups is 1. The number of rotatable bonds is 9. The third-order valence-corrected chi connectivity index (χ3v) is 8.07. The Morgan fingerprint density at radius 3 is 2.44 bits per heavy atom. The van der Waals surface area contributed by atoms with Gasteiger partial charge in [-0.25, -0.2) is 18.4 Å². The number of carbonyl (C=O) groups is 1. The van der Waals surface area contributed by atoms with E-state index >= 15 is 0 Å². The first-order chi connectivity index (χ1) is 17.0. The van der Waals surface area contributed by atoms with Crippen molar-refractivity contribution in [1.29, 1.82) is 0 Å². The fourth-order valence-electron chi connectivity index (χ4n) is 4.25. The maximum Gasteiger partial charge on any atom is 0.263 e. The molecule has 0 atom stereocenters. The molecule has 190 valence electrons. The highest BCUT2D eigenvalue weighted by Gasteiger charge is 2.38. The summed E-state index contributed by atoms with van der Waals surface area (Å²) in [7, 11) is -3.68. The molecule has 4 rings (SSSR count). The molecule has 0 fully saturated rings. The van der Waals surface area contributed by atoms with Crippen molar-refractivity contribution in [3.8, 4) is 0 Å². The molecule has 0 bridgehead atoms. The predicted molar refractivity (Wildman–Crippen MR) is 145 cm³/mol. The molecule has 2 aromatic carbocycles. The lowest BCUT2D eigenvalue weighted by molar-refractivity contribution is -0.135. The van der Waals surface area contributed by atoms with E-state index in [0.29, 0.717) is 30.9 Å². The fraction of sp³-hybridized carbons (Fsp3) is 0.346. The number of hydrogen-bond acceptors (Lipinski definition) is 7. The number of anilines is 2. The largest absolute Gasteiger partial charge is 0.385 e. The van der Waals surface area contributed by atoms with Crippen molar-refractivity contribution in [3.05, 3.63) is 70.7 Å². The predicted octanol–water partition coefficient (Wildman–Crippen LogP) is 5.17. The highest BCUT2D eigenvalue weighted by Crippen LogP contribution is 2.31. The van der Waals surface area contributed by atoms with Crippen molar-refractivity contribution in [2.24, 2.45) is 5.10 Å². The second-order valence-electron chi connectivity index (χ2n) is 9.62. The van der Waals surface area contributed by atoms with Crippen LogP contribution in [0.2, 0.25) is 0 Å². The van der Waals surface area contributed by atoms with E-state index in [4.69, 9.17) is 5.10 Å². The van der Waals surface area contributed by atoms with Gasteiger partial charge in [-0.15, -0.1) is 11.3 Å². The molecule has 2 heterocycles. The summed E-state index contributed by atoms with van der Waals surface area (Å²) in [6.07, 6.45) is 3.25. The van der Waals surface area contributed by atoms with Gasteiger partial charge in [-0.2, -0.15) is 5.10 Å². The number of amides is 1. The zero-order valence-corrected chi connectivity index (χ0v) is 22.5. The quantitative estimate of drug-likeness (QED) is 0.375. The lowest BCUT2D eigenvalue weighted by Crippen LogP contribution is -2.40. The van der Waals surface area contributed by atoms with Gasteiger partial charge in [-0.1, -0.05) is 29.3 Å². The number of aryl methyl sites for hydroxylation is 2. The maximum atomic E-state index is 13.0. The maximum absolute atomic E-state index is 13.0. The summed E-state index contributed by atoms with van der Waals surface area (Å²) >= 11 is 1.22. The third-order valence-electron chi connectivity index (χ3n) is 5.90. The molecule has 1 aromatic heterocycles. The van der Waals surface area contributed by atoms with Crippen LogP contribution in [-0.4, -0.2) is 42.1 Å². The van der Waals surface area contributed by atoms with Crippen LogP contribution < -0.4 is 10.0 Å². The first kappa shape index (κ1) is 25.8. The molecule has 0 saturated heterocycles. The number of benzene rings is 2. The van der Waals surface area contributed by atoms with Crippen LogP contribution in [0.15, 0.2) is 64.0 Å². The van der Waals surface area contributed by atoms with E-state index in [1.807, 2.05) is 13.8 Å². The van der Waals surface area contributed by atoms with Crippen LogP contribution in [0.3, 0.4) is 0 Å². The molecule has 3 aromatic rings. The average Bonchev–Trinajstić information content (AvgIpc) is 3.42. The monoisotopic (exact) mass is 525 g/mol. The highest BCUT2D eigenvalue weighted by molar-refractivity contribution is 7.93. The SMILES string of the molecule is Cc1cc(C)cc(C2=NN(C(=O)CCCNc3ccc(S(=O)(=O)Nc4nccs4)cc3)C(C)(C)C2)c1. The number of nitrogens with zero attached hydrogens (tertiary/aromatic N) is 3. The van der Waals surface area contributed by atoms with Crippen LogP contribution >= 0.6 is 11.3 Å². The van der Waals surface area contributed by atoms with Gasteiger partial charge in [0.05, 0.1) is 16.1 Å². The Balaban J connectivity index is 1.30. The lowest BCUT2D eigenvalue weighted by atomic mass is 9.93. The topological polar surface area (TPSA) is 104 Å². The number of aromatic nitrogens is 1. The minimum Gasteiger partial charge on any atom is -0.385 e. The molecule has 1 amide bonds. The first-order valence-corrected chi connectivity index (χ1v) is 14.2. The minimum absolute atomic E-state index is 0.00382. The Labute approximate surface area is 216 Å². The summed E-state index contributed by atoms with van der Waals surface area (Å²) in [5.74, 6) is -0.00382. The average molecular weight is 526 g/mol. The summed E-state index contributed by atoms with van der Waals surface area (Å²) in [6.45, 7) is 8.80. The normalized spacial score (nSPS) is 15.0. The number of carbonyl (C=O) groups excluding carboxylic acids is 1. The minimum atomic E-state index is -3.68. The zero-order chi connectivity index (χ0) is 25.9. The van der Waals surface area contributed by atoms with Crippen molar-refractivity contribution in [2.75, 3.05) is 16.6 Å². The van der Waals surface area contributed by atoms with Crippen LogP contribution in [0.1, 0.15) is 49.8 Å². The Bertz CT molecular complexity index is 1340. The van der Waals surface area contributed by atoms with Gasteiger partial charge in [0.15, 0.2) is 5.13 Å². The Morgan fingerprint density at radius 1 is 1.11 bits per heavy atom. The molecule has 1 aliphatic heterocycles. The Morgan fingerprint density at radius 2 is 1.81 bits per heavy atom. The lowest BCUT2D eigenvalue weighted by Gasteiger charge is -2.28. The van der Waals surface area contributed by atoms with Crippen molar-refractivity contribution in [3.63, 3.8) is 0 Å². The molecule has 0 saturated carbocycles. The molecule has 0 spiro atoms. The zero-order valence-electron chi connectivity index (χ0n) is 20.9. The van der Waals surface area contributed by atoms with E-state index < -0.39 is 10.0 Å². The van der Waals surface area contributed by atoms with Gasteiger partial charge in [-0.05, 0) is 63.9 Å². The van der Waals surface area contributed by atoms with Crippen LogP contribution in [0.25, 0.3) is 0 Å². The van der Waals surface area contributed by atoms with E-state index in [9.17, 15) is 13.2 Å². The van der Waals surface area contributed by atoms with Gasteiger partial charge in [0, 0.05) is 36.7 Å². The third kappa shape index (κ3) is 6.11. The van der Waals surface area contributed by atoms with E-state index in [1.54, 1.807) is 40.9 Å². The molecule has 36 heavy (non-hydrogen) atoms. The summed E-state index contributed by atoms with van der Waals surface area (Å²) in [5, 5.41) is 11.6. The van der Waals surface area contributed by atoms with Crippen molar-refractivity contribution in [1.82, 2.24) is 9.99 Å². The van der Waals surface area contributed by atoms with Crippen molar-refractivity contribution < 1.29 is 13.2 Å². The number of hydrogen-bond donors (Lipinski definition) is 2. The molecule has 0 radical (unpaired) electrons. The van der Waals surface area contributed by atoms with Crippen LogP contribution in [0, 0.1) is 13.8 Å². The summed E-state index contributed by atoms with van der Waals surface area (Å²) in [6, 6.07) is 12.9. The second-order valence-corrected chi connectivity index (χ2v) is 12.2. The molecular weight excluding hydrogens is 494 g/mol. The standard InChI is InChI=1S/C26H31N5O3S2/c1-18-14-19(2)16-20(15-18)23-17-26(3,4)31(29-23)24(32)6-5-11-27-21-7-9-22(10-8-21)36(33,34)30-25-28-12-13-35-25/h7-10,12-16,27H,5-6,11,17H2,1-4H3,(H,28,30). The van der Waals surface area contributed by atoms with Gasteiger partial charge in [0.2, 0.25) is 5.91 Å². The van der Waals surface area contributed by atoms with Gasteiger partial charge in [0.25, 0.3) is 10.0 Å². The van der Waals surface area contributed by atoms with E-state index in [0.717, 1.165) is 17.0 Å². The molecule has 2 N–H and O–H groups in total. The summed E-state index contributed by atoms with van der Waals surface area (Å²) < 4.78 is 27.4. The van der Waals surface area contributed by atoms with Crippen molar-refractivity contribution in [2.45, 2.75) is 57.4 Å². The van der Waals surface area contributed by atoms with E-state index in [1.165, 1.54) is 22.5 Å². The van der Waals surface area contributed by atoms with Gasteiger partial charge in [0.1, 0.15) is 0 Å². The fourth-order valence-corrected chi connectivity index (χ4v) is 6.04. The molecular formula is C26H31N5O3S2. The number of thiazole rings is 1. The van der Waals surface area contributed by atoms with E-state index in [2.05, 4.69) is 47.1 Å². The molecule has 0 unspecified atom stereocenters. The Hall–Kier alpha value is -3.24. The van der Waals surface area contributed by atoms with Gasteiger partial charge in [-0.3, -0.25) is 9.52 Å². The van der Waals surface area contributed by atoms with Gasteiger partial charge >= 0.3 is 0 Å². The second kappa shape index (κ2) is 10.4. The summed E-state index contributed by atoms with van der Waals surface area (Å²) in [5.41, 5.74) is 4.80. The highest BCUT2D eigenvalue weighted by atomic mass is 32.2. The van der Waals surface area contributed by atoms with Gasteiger partial charge < -0.3 is 5.32 Å². The van der Waals surface area contributed by atoms with E-state index in [-0.39, 0.29) is 16.3 Å². The Kier molecular flexibility index (Phi) is 7.46. The smallest absolute Gasteiger partial charge is 0.263 e. The molecule has 1 aliphatic rings. The van der Waals surface area contributed by atoms with Crippen molar-refractivity contribution >= 4 is 43.8 Å². The number of sulfonamides is 1. The first-order valence-electron chi connectivity index (χ1n) is 11.8. The molecule has 10 heteroatoms. The number of nitrogens with one attached hydrogen (secondary N) is 2.